The first-order valence-electron chi connectivity index (χ1n) is 8.01. The highest BCUT2D eigenvalue weighted by atomic mass is 16.2. The Hall–Kier alpha value is -3.40. The fourth-order valence-corrected chi connectivity index (χ4v) is 2.43. The minimum absolute atomic E-state index is 0.0752. The first-order valence-corrected chi connectivity index (χ1v) is 8.01. The molecule has 0 aliphatic carbocycles. The number of anilines is 1. The molecule has 0 bridgehead atoms. The predicted octanol–water partition coefficient (Wildman–Crippen LogP) is 3.72. The Kier molecular flexibility index (Phi) is 5.22. The molecule has 2 amide bonds. The summed E-state index contributed by atoms with van der Waals surface area (Å²) in [6.45, 7) is -0.0752. The molecule has 3 aromatic rings. The smallest absolute Gasteiger partial charge is 0.251 e. The molecule has 2 N–H and O–H groups in total. The standard InChI is InChI=1S/C21H18N2O2/c24-20(23-19-9-5-2-6-10-19)15-22-21(25)18-13-11-17(12-14-18)16-7-3-1-4-8-16/h1-14H,15H2,(H,22,25)(H,23,24). The average Bonchev–Trinajstić information content (AvgIpc) is 2.68. The lowest BCUT2D eigenvalue weighted by Gasteiger charge is -2.08. The monoisotopic (exact) mass is 330 g/mol. The number of hydrogen-bond donors (Lipinski definition) is 2. The van der Waals surface area contributed by atoms with Gasteiger partial charge in [-0.1, -0.05) is 60.7 Å². The number of para-hydroxylation sites is 1. The van der Waals surface area contributed by atoms with Crippen molar-refractivity contribution in [2.45, 2.75) is 0 Å². The average molecular weight is 330 g/mol. The summed E-state index contributed by atoms with van der Waals surface area (Å²) in [6, 6.07) is 26.4. The molecule has 3 aromatic carbocycles. The van der Waals surface area contributed by atoms with Gasteiger partial charge < -0.3 is 10.6 Å². The quantitative estimate of drug-likeness (QED) is 0.749. The Labute approximate surface area is 146 Å². The lowest BCUT2D eigenvalue weighted by atomic mass is 10.0. The molecule has 3 rings (SSSR count). The molecule has 0 atom stereocenters. The Morgan fingerprint density at radius 3 is 1.88 bits per heavy atom. The summed E-state index contributed by atoms with van der Waals surface area (Å²) < 4.78 is 0. The molecule has 0 spiro atoms. The first-order chi connectivity index (χ1) is 12.2. The Morgan fingerprint density at radius 2 is 1.24 bits per heavy atom. The largest absolute Gasteiger partial charge is 0.343 e. The van der Waals surface area contributed by atoms with Crippen molar-refractivity contribution in [2.75, 3.05) is 11.9 Å². The van der Waals surface area contributed by atoms with Crippen molar-refractivity contribution in [1.82, 2.24) is 5.32 Å². The number of hydrogen-bond acceptors (Lipinski definition) is 2. The van der Waals surface area contributed by atoms with Crippen LogP contribution in [0, 0.1) is 0 Å². The molecule has 0 saturated carbocycles. The number of rotatable bonds is 5. The van der Waals surface area contributed by atoms with Crippen molar-refractivity contribution in [3.8, 4) is 11.1 Å². The lowest BCUT2D eigenvalue weighted by molar-refractivity contribution is -0.115. The molecule has 0 unspecified atom stereocenters. The topological polar surface area (TPSA) is 58.2 Å². The molecule has 0 heterocycles. The van der Waals surface area contributed by atoms with Crippen molar-refractivity contribution < 1.29 is 9.59 Å². The van der Waals surface area contributed by atoms with Crippen LogP contribution in [0.3, 0.4) is 0 Å². The van der Waals surface area contributed by atoms with Crippen molar-refractivity contribution in [3.63, 3.8) is 0 Å². The van der Waals surface area contributed by atoms with Crippen molar-refractivity contribution in [3.05, 3.63) is 90.5 Å². The summed E-state index contributed by atoms with van der Waals surface area (Å²) in [5, 5.41) is 5.35. The minimum Gasteiger partial charge on any atom is -0.343 e. The van der Waals surface area contributed by atoms with Gasteiger partial charge in [-0.15, -0.1) is 0 Å². The van der Waals surface area contributed by atoms with Crippen LogP contribution in [0.2, 0.25) is 0 Å². The van der Waals surface area contributed by atoms with E-state index in [4.69, 9.17) is 0 Å². The number of benzene rings is 3. The van der Waals surface area contributed by atoms with E-state index in [9.17, 15) is 9.59 Å². The third-order valence-corrected chi connectivity index (χ3v) is 3.72. The highest BCUT2D eigenvalue weighted by molar-refractivity contribution is 5.99. The molecule has 0 aromatic heterocycles. The van der Waals surface area contributed by atoms with E-state index < -0.39 is 0 Å². The summed E-state index contributed by atoms with van der Waals surface area (Å²) >= 11 is 0. The Balaban J connectivity index is 1.55. The molecular formula is C21H18N2O2. The van der Waals surface area contributed by atoms with Crippen LogP contribution in [0.4, 0.5) is 5.69 Å². The number of carbonyl (C=O) groups is 2. The van der Waals surface area contributed by atoms with Crippen molar-refractivity contribution in [1.29, 1.82) is 0 Å². The van der Waals surface area contributed by atoms with E-state index >= 15 is 0 Å². The fourth-order valence-electron chi connectivity index (χ4n) is 2.43. The van der Waals surface area contributed by atoms with Crippen LogP contribution in [-0.2, 0) is 4.79 Å². The van der Waals surface area contributed by atoms with Gasteiger partial charge in [0.15, 0.2) is 0 Å². The molecule has 0 aliphatic rings. The highest BCUT2D eigenvalue weighted by Crippen LogP contribution is 2.19. The van der Waals surface area contributed by atoms with E-state index in [-0.39, 0.29) is 18.4 Å². The summed E-state index contributed by atoms with van der Waals surface area (Å²) in [5.74, 6) is -0.539. The third-order valence-electron chi connectivity index (χ3n) is 3.72. The van der Waals surface area contributed by atoms with Crippen LogP contribution in [0.1, 0.15) is 10.4 Å². The van der Waals surface area contributed by atoms with Crippen LogP contribution in [-0.4, -0.2) is 18.4 Å². The maximum atomic E-state index is 12.2. The van der Waals surface area contributed by atoms with E-state index in [2.05, 4.69) is 10.6 Å². The van der Waals surface area contributed by atoms with E-state index in [0.29, 0.717) is 11.3 Å². The van der Waals surface area contributed by atoms with Gasteiger partial charge in [0.1, 0.15) is 0 Å². The van der Waals surface area contributed by atoms with E-state index in [1.165, 1.54) is 0 Å². The summed E-state index contributed by atoms with van der Waals surface area (Å²) in [6.07, 6.45) is 0. The molecule has 0 saturated heterocycles. The normalized spacial score (nSPS) is 10.1. The highest BCUT2D eigenvalue weighted by Gasteiger charge is 2.08. The second kappa shape index (κ2) is 7.93. The zero-order valence-corrected chi connectivity index (χ0v) is 13.6. The van der Waals surface area contributed by atoms with Gasteiger partial charge in [0.25, 0.3) is 5.91 Å². The van der Waals surface area contributed by atoms with Crippen LogP contribution in [0.5, 0.6) is 0 Å². The summed E-state index contributed by atoms with van der Waals surface area (Å²) in [7, 11) is 0. The van der Waals surface area contributed by atoms with Gasteiger partial charge in [-0.3, -0.25) is 9.59 Å². The van der Waals surface area contributed by atoms with Gasteiger partial charge >= 0.3 is 0 Å². The lowest BCUT2D eigenvalue weighted by Crippen LogP contribution is -2.32. The second-order valence-electron chi connectivity index (χ2n) is 5.54. The van der Waals surface area contributed by atoms with Gasteiger partial charge in [0, 0.05) is 11.3 Å². The van der Waals surface area contributed by atoms with Gasteiger partial charge in [-0.05, 0) is 35.4 Å². The molecule has 4 heteroatoms. The number of nitrogens with one attached hydrogen (secondary N) is 2. The third kappa shape index (κ3) is 4.54. The van der Waals surface area contributed by atoms with Gasteiger partial charge in [-0.25, -0.2) is 0 Å². The molecular weight excluding hydrogens is 312 g/mol. The van der Waals surface area contributed by atoms with Crippen molar-refractivity contribution >= 4 is 17.5 Å². The SMILES string of the molecule is O=C(CNC(=O)c1ccc(-c2ccccc2)cc1)Nc1ccccc1. The van der Waals surface area contributed by atoms with Crippen LogP contribution < -0.4 is 10.6 Å². The Bertz CT molecular complexity index is 844. The second-order valence-corrected chi connectivity index (χ2v) is 5.54. The fraction of sp³-hybridized carbons (Fsp3) is 0.0476. The first kappa shape index (κ1) is 16.5. The molecule has 25 heavy (non-hydrogen) atoms. The molecule has 4 nitrogen and oxygen atoms in total. The van der Waals surface area contributed by atoms with Crippen LogP contribution in [0.15, 0.2) is 84.9 Å². The van der Waals surface area contributed by atoms with Crippen LogP contribution >= 0.6 is 0 Å². The molecule has 124 valence electrons. The van der Waals surface area contributed by atoms with Gasteiger partial charge in [0.05, 0.1) is 6.54 Å². The number of carbonyl (C=O) groups excluding carboxylic acids is 2. The van der Waals surface area contributed by atoms with Gasteiger partial charge in [-0.2, -0.15) is 0 Å². The maximum Gasteiger partial charge on any atom is 0.251 e. The molecule has 0 radical (unpaired) electrons. The van der Waals surface area contributed by atoms with Gasteiger partial charge in [0.2, 0.25) is 5.91 Å². The van der Waals surface area contributed by atoms with E-state index in [1.54, 1.807) is 24.3 Å². The summed E-state index contributed by atoms with van der Waals surface area (Å²) in [5.41, 5.74) is 3.36. The summed E-state index contributed by atoms with van der Waals surface area (Å²) in [4.78, 5) is 24.0. The van der Waals surface area contributed by atoms with E-state index in [0.717, 1.165) is 11.1 Å². The zero-order chi connectivity index (χ0) is 17.5. The van der Waals surface area contributed by atoms with Crippen LogP contribution in [0.25, 0.3) is 11.1 Å². The minimum atomic E-state index is -0.275. The van der Waals surface area contributed by atoms with Crippen molar-refractivity contribution in [2.24, 2.45) is 0 Å². The predicted molar refractivity (Wildman–Crippen MR) is 99.3 cm³/mol. The Morgan fingerprint density at radius 1 is 0.680 bits per heavy atom. The maximum absolute atomic E-state index is 12.2. The zero-order valence-electron chi connectivity index (χ0n) is 13.6. The van der Waals surface area contributed by atoms with E-state index in [1.807, 2.05) is 60.7 Å². The molecule has 0 fully saturated rings. The molecule has 0 aliphatic heterocycles. The number of amides is 2.